The van der Waals surface area contributed by atoms with E-state index in [2.05, 4.69) is 52.9 Å². The molecule has 4 aromatic rings. The average Bonchev–Trinajstić information content (AvgIpc) is 3.50. The third-order valence-electron chi connectivity index (χ3n) is 6.04. The fourth-order valence-electron chi connectivity index (χ4n) is 4.23. The fourth-order valence-corrected chi connectivity index (χ4v) is 4.23. The number of nitrogens with zero attached hydrogens (tertiary/aromatic N) is 8. The second kappa shape index (κ2) is 9.29. The van der Waals surface area contributed by atoms with Gasteiger partial charge in [0.15, 0.2) is 11.5 Å². The first-order valence-electron chi connectivity index (χ1n) is 11.6. The topological polar surface area (TPSA) is 131 Å². The number of anilines is 5. The molecule has 5 heterocycles. The first-order valence-corrected chi connectivity index (χ1v) is 11.6. The normalized spacial score (nSPS) is 16.1. The molecule has 1 unspecified atom stereocenters. The molecule has 12 heteroatoms. The Morgan fingerprint density at radius 2 is 2.00 bits per heavy atom. The molecule has 1 fully saturated rings. The molecule has 12 nitrogen and oxygen atoms in total. The van der Waals surface area contributed by atoms with Crippen molar-refractivity contribution in [3.05, 3.63) is 36.5 Å². The zero-order valence-electron chi connectivity index (χ0n) is 20.3. The van der Waals surface area contributed by atoms with Crippen LogP contribution in [0.2, 0.25) is 0 Å². The van der Waals surface area contributed by atoms with Crippen LogP contribution in [0.25, 0.3) is 11.0 Å². The molecule has 5 rings (SSSR count). The Balaban J connectivity index is 1.32. The smallest absolute Gasteiger partial charge is 0.238 e. The Bertz CT molecular complexity index is 1380. The lowest BCUT2D eigenvalue weighted by Gasteiger charge is -2.15. The van der Waals surface area contributed by atoms with Gasteiger partial charge in [0.2, 0.25) is 11.9 Å². The second-order valence-corrected chi connectivity index (χ2v) is 9.09. The summed E-state index contributed by atoms with van der Waals surface area (Å²) in [6.07, 6.45) is 8.08. The van der Waals surface area contributed by atoms with Gasteiger partial charge in [0.05, 0.1) is 47.1 Å². The summed E-state index contributed by atoms with van der Waals surface area (Å²) in [5.41, 5.74) is 3.63. The van der Waals surface area contributed by atoms with Crippen LogP contribution in [0, 0.1) is 12.8 Å². The maximum atomic E-state index is 12.5. The molecule has 0 aromatic carbocycles. The molecule has 0 aliphatic carbocycles. The zero-order valence-corrected chi connectivity index (χ0v) is 20.3. The van der Waals surface area contributed by atoms with Gasteiger partial charge in [0.1, 0.15) is 0 Å². The van der Waals surface area contributed by atoms with Crippen molar-refractivity contribution in [3.8, 4) is 0 Å². The molecule has 0 saturated carbocycles. The lowest BCUT2D eigenvalue weighted by Crippen LogP contribution is -2.31. The van der Waals surface area contributed by atoms with Crippen molar-refractivity contribution >= 4 is 45.8 Å². The number of fused-ring (bicyclic) bond motifs is 1. The number of aryl methyl sites for hydroxylation is 3. The van der Waals surface area contributed by atoms with Crippen LogP contribution in [0.15, 0.2) is 30.9 Å². The molecule has 4 aromatic heterocycles. The van der Waals surface area contributed by atoms with E-state index in [-0.39, 0.29) is 5.91 Å². The molecule has 182 valence electrons. The van der Waals surface area contributed by atoms with Crippen LogP contribution in [0.1, 0.15) is 19.0 Å². The van der Waals surface area contributed by atoms with Gasteiger partial charge in [-0.15, -0.1) is 0 Å². The van der Waals surface area contributed by atoms with Crippen LogP contribution in [0.4, 0.5) is 28.8 Å². The van der Waals surface area contributed by atoms with Crippen LogP contribution < -0.4 is 16.0 Å². The maximum absolute atomic E-state index is 12.5. The minimum atomic E-state index is -0.0407. The molecule has 1 saturated heterocycles. The highest BCUT2D eigenvalue weighted by molar-refractivity contribution is 5.93. The van der Waals surface area contributed by atoms with Crippen LogP contribution in [0.5, 0.6) is 0 Å². The van der Waals surface area contributed by atoms with E-state index in [1.165, 1.54) is 0 Å². The lowest BCUT2D eigenvalue weighted by molar-refractivity contribution is -0.117. The van der Waals surface area contributed by atoms with E-state index in [1.807, 2.05) is 33.3 Å². The number of carbonyl (C=O) groups excluding carboxylic acids is 1. The summed E-state index contributed by atoms with van der Waals surface area (Å²) in [5.74, 6) is 1.66. The van der Waals surface area contributed by atoms with Gasteiger partial charge in [-0.2, -0.15) is 15.2 Å². The average molecular weight is 476 g/mol. The molecular weight excluding hydrogens is 446 g/mol. The minimum Gasteiger partial charge on any atom is -0.337 e. The number of carbonyl (C=O) groups is 1. The first kappa shape index (κ1) is 22.7. The SMILES string of the molecule is Cc1ncc(NC(=O)CN2CCC(C)C2)cc1Nc1nn(C)c2nc(Nc3cnn(C)c3)ncc12. The standard InChI is InChI=1S/C23H29N11O/c1-14-5-6-34(11-14)13-20(35)27-16-7-19(15(2)24-8-16)29-21-18-10-25-23(30-22(18)33(4)31-21)28-17-9-26-32(3)12-17/h7-10,12,14H,5-6,11,13H2,1-4H3,(H,27,35)(H,29,31)(H,25,28,30). The lowest BCUT2D eigenvalue weighted by atomic mass is 10.2. The van der Waals surface area contributed by atoms with Gasteiger partial charge < -0.3 is 16.0 Å². The molecule has 1 aliphatic rings. The third kappa shape index (κ3) is 5.06. The molecule has 0 radical (unpaired) electrons. The van der Waals surface area contributed by atoms with Crippen molar-refractivity contribution in [3.63, 3.8) is 0 Å². The Labute approximate surface area is 202 Å². The quantitative estimate of drug-likeness (QED) is 0.369. The number of hydrogen-bond acceptors (Lipinski definition) is 9. The highest BCUT2D eigenvalue weighted by Crippen LogP contribution is 2.27. The summed E-state index contributed by atoms with van der Waals surface area (Å²) < 4.78 is 3.39. The zero-order chi connectivity index (χ0) is 24.5. The van der Waals surface area contributed by atoms with E-state index in [1.54, 1.807) is 28.0 Å². The second-order valence-electron chi connectivity index (χ2n) is 9.09. The number of nitrogens with one attached hydrogen (secondary N) is 3. The van der Waals surface area contributed by atoms with E-state index in [0.29, 0.717) is 35.6 Å². The summed E-state index contributed by atoms with van der Waals surface area (Å²) in [6.45, 7) is 6.42. The molecular formula is C23H29N11O. The number of pyridine rings is 1. The van der Waals surface area contributed by atoms with Crippen molar-refractivity contribution in [1.82, 2.24) is 39.4 Å². The molecule has 1 aliphatic heterocycles. The van der Waals surface area contributed by atoms with Crippen LogP contribution in [0.3, 0.4) is 0 Å². The fraction of sp³-hybridized carbons (Fsp3) is 0.391. The Morgan fingerprint density at radius 3 is 2.74 bits per heavy atom. The third-order valence-corrected chi connectivity index (χ3v) is 6.04. The summed E-state index contributed by atoms with van der Waals surface area (Å²) in [4.78, 5) is 28.2. The van der Waals surface area contributed by atoms with Crippen molar-refractivity contribution in [1.29, 1.82) is 0 Å². The van der Waals surface area contributed by atoms with E-state index in [9.17, 15) is 4.79 Å². The van der Waals surface area contributed by atoms with Crippen LogP contribution in [-0.2, 0) is 18.9 Å². The largest absolute Gasteiger partial charge is 0.337 e. The maximum Gasteiger partial charge on any atom is 0.238 e. The number of hydrogen-bond donors (Lipinski definition) is 3. The van der Waals surface area contributed by atoms with E-state index in [0.717, 1.165) is 42.0 Å². The highest BCUT2D eigenvalue weighted by Gasteiger charge is 2.21. The minimum absolute atomic E-state index is 0.0407. The highest BCUT2D eigenvalue weighted by atomic mass is 16.2. The molecule has 35 heavy (non-hydrogen) atoms. The summed E-state index contributed by atoms with van der Waals surface area (Å²) >= 11 is 0. The van der Waals surface area contributed by atoms with E-state index in [4.69, 9.17) is 0 Å². The van der Waals surface area contributed by atoms with Gasteiger partial charge in [-0.1, -0.05) is 6.92 Å². The molecule has 3 N–H and O–H groups in total. The van der Waals surface area contributed by atoms with E-state index >= 15 is 0 Å². The van der Waals surface area contributed by atoms with Crippen molar-refractivity contribution < 1.29 is 4.79 Å². The Hall–Kier alpha value is -4.06. The monoisotopic (exact) mass is 475 g/mol. The predicted molar refractivity (Wildman–Crippen MR) is 134 cm³/mol. The van der Waals surface area contributed by atoms with E-state index < -0.39 is 0 Å². The van der Waals surface area contributed by atoms with Crippen LogP contribution in [-0.4, -0.2) is 65.0 Å². The molecule has 0 spiro atoms. The van der Waals surface area contributed by atoms with Crippen LogP contribution >= 0.6 is 0 Å². The molecule has 1 amide bonds. The van der Waals surface area contributed by atoms with Gasteiger partial charge in [-0.05, 0) is 31.9 Å². The molecule has 0 bridgehead atoms. The number of likely N-dealkylation sites (tertiary alicyclic amines) is 1. The first-order chi connectivity index (χ1) is 16.8. The molecule has 1 atom stereocenters. The summed E-state index contributed by atoms with van der Waals surface area (Å²) in [7, 11) is 3.68. The van der Waals surface area contributed by atoms with Gasteiger partial charge in [0, 0.05) is 33.0 Å². The summed E-state index contributed by atoms with van der Waals surface area (Å²) in [5, 5.41) is 18.9. The van der Waals surface area contributed by atoms with Crippen molar-refractivity contribution in [2.45, 2.75) is 20.3 Å². The van der Waals surface area contributed by atoms with Gasteiger partial charge in [-0.3, -0.25) is 19.4 Å². The number of amides is 1. The van der Waals surface area contributed by atoms with Gasteiger partial charge in [0.25, 0.3) is 0 Å². The Morgan fingerprint density at radius 1 is 1.14 bits per heavy atom. The van der Waals surface area contributed by atoms with Crippen molar-refractivity contribution in [2.24, 2.45) is 20.0 Å². The predicted octanol–water partition coefficient (Wildman–Crippen LogP) is 2.57. The summed E-state index contributed by atoms with van der Waals surface area (Å²) in [6, 6.07) is 1.87. The number of aromatic nitrogens is 7. The van der Waals surface area contributed by atoms with Gasteiger partial charge >= 0.3 is 0 Å². The van der Waals surface area contributed by atoms with Gasteiger partial charge in [-0.25, -0.2) is 9.67 Å². The van der Waals surface area contributed by atoms with Crippen molar-refractivity contribution in [2.75, 3.05) is 35.6 Å². The Kier molecular flexibility index (Phi) is 6.03. The number of rotatable bonds is 7.